The van der Waals surface area contributed by atoms with Gasteiger partial charge in [-0.2, -0.15) is 0 Å². The van der Waals surface area contributed by atoms with Gasteiger partial charge in [-0.1, -0.05) is 219 Å². The molecule has 5 saturated heterocycles. The maximum Gasteiger partial charge on any atom is 0.236 e. The number of hydrogen-bond acceptors (Lipinski definition) is 10. The normalized spacial score (nSPS) is 24.2. The van der Waals surface area contributed by atoms with E-state index in [1.165, 1.54) is 50.5 Å². The first-order valence-corrected chi connectivity index (χ1v) is 46.6. The predicted molar refractivity (Wildman–Crippen MR) is 498 cm³/mol. The highest BCUT2D eigenvalue weighted by Crippen LogP contribution is 2.84. The fraction of sp³-hybridized carbons (Fsp3) is 0.475. The highest BCUT2D eigenvalue weighted by Gasteiger charge is 2.76. The van der Waals surface area contributed by atoms with E-state index in [0.29, 0.717) is 92.7 Å². The lowest BCUT2D eigenvalue weighted by atomic mass is 9.95. The Morgan fingerprint density at radius 2 is 0.736 bits per heavy atom. The van der Waals surface area contributed by atoms with Crippen LogP contribution in [-0.4, -0.2) is 160 Å². The molecular formula is C99H115Cl8N9O5. The van der Waals surface area contributed by atoms with E-state index in [-0.39, 0.29) is 58.6 Å². The van der Waals surface area contributed by atoms with Crippen molar-refractivity contribution >= 4 is 139 Å². The second-order valence-corrected chi connectivity index (χ2v) is 40.1. The summed E-state index contributed by atoms with van der Waals surface area (Å²) in [6, 6.07) is 56.8. The number of hydrogen-bond donors (Lipinski definition) is 0. The van der Waals surface area contributed by atoms with Crippen molar-refractivity contribution in [3.8, 4) is 0 Å². The number of amides is 4. The zero-order valence-electron chi connectivity index (χ0n) is 71.0. The molecule has 10 aliphatic rings. The van der Waals surface area contributed by atoms with Gasteiger partial charge in [-0.15, -0.1) is 0 Å². The number of morpholine rings is 1. The van der Waals surface area contributed by atoms with E-state index in [2.05, 4.69) is 154 Å². The molecule has 0 aromatic heterocycles. The number of carbonyl (C=O) groups is 4. The maximum atomic E-state index is 13.4. The van der Waals surface area contributed by atoms with E-state index in [0.717, 1.165) is 175 Å². The average Bonchev–Trinajstić information content (AvgIpc) is 1.48. The summed E-state index contributed by atoms with van der Waals surface area (Å²) in [7, 11) is 0. The Bertz CT molecular complexity index is 4990. The molecule has 8 aromatic carbocycles. The third-order valence-corrected chi connectivity index (χ3v) is 30.8. The highest BCUT2D eigenvalue weighted by molar-refractivity contribution is 6.35. The summed E-state index contributed by atoms with van der Waals surface area (Å²) in [6.07, 6.45) is 11.8. The van der Waals surface area contributed by atoms with Crippen LogP contribution in [0.2, 0.25) is 40.2 Å². The molecule has 5 aliphatic heterocycles. The number of nitrogens with zero attached hydrogens (tertiary/aromatic N) is 9. The third-order valence-electron chi connectivity index (χ3n) is 28.6. The minimum atomic E-state index is 0.0184. The standard InChI is InChI=1S/C26H28Cl2N2O.2C25H30Cl2N2O.C23H27Cl2N3O2/c1-16-2-7-23(22(28)10-16)30-9-8-29(15-24(30)17-3-5-20(27)6-4-17)25(31)12-18-11-19-13-26(19)14-21(18)26;1-16-6-11-20(19(27)14-16)29-13-12-28(23(30)22-24(2,3)25(22,4)5)15-21(29)17-7-9-18(26)10-8-17;1-18-6-12-23(22(27)16-18)29-15-14-28(25(30)13-7-19-4-2-3-5-19)17-24(29)20-8-10-21(26)11-9-20;1-17-2-7-21(20(25)14-17)28-9-8-27(23(29)16-26-10-12-30-13-11-26)15-22(28)18-3-5-19(24)6-4-18/h2-7,10,18-19,21,24H,8-9,11-15H2,1H3;6-11,14,21-22H,12-13,15H2,1-5H3;6,8-12,16,19,24H,2-5,7,13-15,17H2,1H3;2-7,14,22H,8-13,15-16H2,1H3/t18?,19-,21-,24+,26?;21-;24-;22-/m1000/s1. The monoisotopic (exact) mass is 1790 g/mol. The molecule has 8 aromatic rings. The summed E-state index contributed by atoms with van der Waals surface area (Å²) in [4.78, 5) is 72.4. The van der Waals surface area contributed by atoms with E-state index in [1.807, 2.05) is 116 Å². The second kappa shape index (κ2) is 38.1. The van der Waals surface area contributed by atoms with Crippen LogP contribution in [0.5, 0.6) is 0 Å². The van der Waals surface area contributed by atoms with Crippen molar-refractivity contribution in [2.24, 2.45) is 45.8 Å². The van der Waals surface area contributed by atoms with Gasteiger partial charge >= 0.3 is 0 Å². The van der Waals surface area contributed by atoms with Crippen molar-refractivity contribution < 1.29 is 23.9 Å². The van der Waals surface area contributed by atoms with Gasteiger partial charge in [0.25, 0.3) is 0 Å². The molecule has 0 bridgehead atoms. The molecule has 14 nitrogen and oxygen atoms in total. The molecule has 1 spiro atoms. The summed E-state index contributed by atoms with van der Waals surface area (Å²) in [5.41, 5.74) is 14.0. The summed E-state index contributed by atoms with van der Waals surface area (Å²) >= 11 is 51.0. The Hall–Kier alpha value is -6.92. The van der Waals surface area contributed by atoms with Crippen LogP contribution in [0, 0.1) is 73.5 Å². The van der Waals surface area contributed by atoms with Gasteiger partial charge in [0.05, 0.1) is 86.8 Å². The third kappa shape index (κ3) is 20.3. The number of carbonyl (C=O) groups excluding carboxylic acids is 4. The molecule has 5 heterocycles. The predicted octanol–water partition coefficient (Wildman–Crippen LogP) is 23.2. The zero-order valence-corrected chi connectivity index (χ0v) is 77.1. The molecule has 642 valence electrons. The first kappa shape index (κ1) is 88.9. The van der Waals surface area contributed by atoms with E-state index in [1.54, 1.807) is 0 Å². The lowest BCUT2D eigenvalue weighted by molar-refractivity contribution is -0.135. The van der Waals surface area contributed by atoms with Crippen molar-refractivity contribution in [2.45, 2.75) is 144 Å². The molecule has 0 radical (unpaired) electrons. The minimum absolute atomic E-state index is 0.0184. The van der Waals surface area contributed by atoms with Gasteiger partial charge in [-0.05, 0) is 235 Å². The first-order chi connectivity index (χ1) is 58.0. The Labute approximate surface area is 756 Å². The number of rotatable bonds is 16. The van der Waals surface area contributed by atoms with Gasteiger partial charge in [0.1, 0.15) is 0 Å². The van der Waals surface area contributed by atoms with Gasteiger partial charge < -0.3 is 43.9 Å². The molecule has 121 heavy (non-hydrogen) atoms. The molecule has 0 N–H and O–H groups in total. The van der Waals surface area contributed by atoms with E-state index < -0.39 is 0 Å². The van der Waals surface area contributed by atoms with Crippen LogP contribution in [0.4, 0.5) is 22.7 Å². The number of aryl methyl sites for hydroxylation is 4. The van der Waals surface area contributed by atoms with Crippen LogP contribution in [-0.2, 0) is 23.9 Å². The molecule has 5 saturated carbocycles. The Kier molecular flexibility index (Phi) is 28.0. The van der Waals surface area contributed by atoms with Crippen molar-refractivity contribution in [1.29, 1.82) is 0 Å². The van der Waals surface area contributed by atoms with E-state index in [4.69, 9.17) is 97.5 Å². The number of halogens is 8. The van der Waals surface area contributed by atoms with Crippen molar-refractivity contribution in [1.82, 2.24) is 24.5 Å². The molecular weight excluding hydrogens is 1680 g/mol. The van der Waals surface area contributed by atoms with Crippen LogP contribution in [0.1, 0.15) is 161 Å². The van der Waals surface area contributed by atoms with Crippen LogP contribution in [0.25, 0.3) is 0 Å². The van der Waals surface area contributed by atoms with Gasteiger partial charge in [0, 0.05) is 130 Å². The second-order valence-electron chi connectivity index (χ2n) is 36.8. The first-order valence-electron chi connectivity index (χ1n) is 43.6. The zero-order chi connectivity index (χ0) is 85.3. The van der Waals surface area contributed by atoms with E-state index in [9.17, 15) is 19.2 Å². The van der Waals surface area contributed by atoms with Crippen LogP contribution in [0.3, 0.4) is 0 Å². The van der Waals surface area contributed by atoms with Gasteiger partial charge in [-0.25, -0.2) is 0 Å². The summed E-state index contributed by atoms with van der Waals surface area (Å²) in [6.45, 7) is 29.0. The minimum Gasteiger partial charge on any atom is -0.379 e. The average molecular weight is 1790 g/mol. The van der Waals surface area contributed by atoms with Crippen LogP contribution >= 0.6 is 92.8 Å². The van der Waals surface area contributed by atoms with Crippen molar-refractivity contribution in [2.75, 3.05) is 131 Å². The fourth-order valence-electron chi connectivity index (χ4n) is 20.8. The maximum absolute atomic E-state index is 13.4. The summed E-state index contributed by atoms with van der Waals surface area (Å²) in [5.74, 6) is 4.31. The van der Waals surface area contributed by atoms with Gasteiger partial charge in [0.15, 0.2) is 0 Å². The molecule has 4 amide bonds. The lowest BCUT2D eigenvalue weighted by Gasteiger charge is -2.44. The van der Waals surface area contributed by atoms with Crippen LogP contribution < -0.4 is 19.6 Å². The number of anilines is 4. The SMILES string of the molecule is Cc1ccc(N2CCN(C(=O)C3C(C)(C)C3(C)C)C[C@H]2c2ccc(Cl)cc2)c(Cl)c1.Cc1ccc(N2CCN(C(=O)CC3C[C@@H]4CC45C[C@H]35)C[C@H]2c2ccc(Cl)cc2)c(Cl)c1.Cc1ccc(N2CCN(C(=O)CCC3CCCC3)C[C@H]2c2ccc(Cl)cc2)c(Cl)c1.Cc1ccc(N2CCN(C(=O)CN3CCOCC3)C[C@H]2c2ccc(Cl)cc2)c(Cl)c1. The van der Waals surface area contributed by atoms with Crippen molar-refractivity contribution in [3.05, 3.63) is 255 Å². The van der Waals surface area contributed by atoms with Crippen LogP contribution in [0.15, 0.2) is 170 Å². The quantitative estimate of drug-likeness (QED) is 0.0928. The fourth-order valence-corrected chi connectivity index (χ4v) is 22.7. The highest BCUT2D eigenvalue weighted by atomic mass is 35.5. The van der Waals surface area contributed by atoms with Gasteiger partial charge in [-0.3, -0.25) is 24.1 Å². The van der Waals surface area contributed by atoms with E-state index >= 15 is 0 Å². The smallest absolute Gasteiger partial charge is 0.236 e. The molecule has 2 unspecified atom stereocenters. The summed E-state index contributed by atoms with van der Waals surface area (Å²) in [5, 5.41) is 5.88. The Morgan fingerprint density at radius 3 is 1.07 bits per heavy atom. The molecule has 5 aliphatic carbocycles. The molecule has 18 rings (SSSR count). The lowest BCUT2D eigenvalue weighted by Crippen LogP contribution is -2.53. The van der Waals surface area contributed by atoms with Gasteiger partial charge in [0.2, 0.25) is 23.6 Å². The summed E-state index contributed by atoms with van der Waals surface area (Å²) < 4.78 is 5.40. The Morgan fingerprint density at radius 1 is 0.397 bits per heavy atom. The van der Waals surface area contributed by atoms with Crippen molar-refractivity contribution in [3.63, 3.8) is 0 Å². The molecule has 8 atom stereocenters. The Balaban J connectivity index is 0.000000126. The topological polar surface area (TPSA) is 107 Å². The largest absolute Gasteiger partial charge is 0.379 e. The molecule has 22 heteroatoms. The molecule has 10 fully saturated rings. The number of piperazine rings is 4. The number of ether oxygens (including phenoxy) is 1. The number of benzene rings is 8.